The minimum atomic E-state index is 0.0809. The number of carbonyl (C=O) groups is 1. The van der Waals surface area contributed by atoms with Gasteiger partial charge >= 0.3 is 0 Å². The molecule has 1 fully saturated rings. The number of methoxy groups -OCH3 is 1. The molecule has 1 aromatic carbocycles. The molecule has 4 nitrogen and oxygen atoms in total. The third kappa shape index (κ3) is 4.10. The summed E-state index contributed by atoms with van der Waals surface area (Å²) in [5.41, 5.74) is 3.60. The second-order valence-electron chi connectivity index (χ2n) is 6.02. The first-order chi connectivity index (χ1) is 11.3. The number of benzene rings is 1. The molecule has 122 valence electrons. The van der Waals surface area contributed by atoms with Crippen LogP contribution in [0.3, 0.4) is 0 Å². The SMILES string of the molecule is COc1cccc(CCC2CCCN(C(=O)c3cscn3)C2)c1. The van der Waals surface area contributed by atoms with Crippen LogP contribution >= 0.6 is 11.3 Å². The van der Waals surface area contributed by atoms with Crippen molar-refractivity contribution in [1.82, 2.24) is 9.88 Å². The Morgan fingerprint density at radius 3 is 3.17 bits per heavy atom. The Labute approximate surface area is 141 Å². The zero-order valence-corrected chi connectivity index (χ0v) is 14.2. The lowest BCUT2D eigenvalue weighted by Gasteiger charge is -2.32. The summed E-state index contributed by atoms with van der Waals surface area (Å²) in [5.74, 6) is 1.56. The molecule has 1 aromatic heterocycles. The van der Waals surface area contributed by atoms with Crippen LogP contribution in [-0.2, 0) is 6.42 Å². The van der Waals surface area contributed by atoms with E-state index in [1.165, 1.54) is 23.3 Å². The summed E-state index contributed by atoms with van der Waals surface area (Å²) in [4.78, 5) is 18.5. The normalized spacial score (nSPS) is 18.0. The van der Waals surface area contributed by atoms with Crippen molar-refractivity contribution in [3.05, 3.63) is 46.4 Å². The van der Waals surface area contributed by atoms with Crippen molar-refractivity contribution in [2.75, 3.05) is 20.2 Å². The van der Waals surface area contributed by atoms with Gasteiger partial charge in [-0.3, -0.25) is 4.79 Å². The molecule has 1 aliphatic heterocycles. The number of aryl methyl sites for hydroxylation is 1. The largest absolute Gasteiger partial charge is 0.497 e. The van der Waals surface area contributed by atoms with E-state index in [9.17, 15) is 4.79 Å². The third-order valence-corrected chi connectivity index (χ3v) is 5.02. The summed E-state index contributed by atoms with van der Waals surface area (Å²) in [7, 11) is 1.70. The Bertz CT molecular complexity index is 642. The maximum absolute atomic E-state index is 12.4. The van der Waals surface area contributed by atoms with Crippen LogP contribution in [0, 0.1) is 5.92 Å². The zero-order chi connectivity index (χ0) is 16.1. The summed E-state index contributed by atoms with van der Waals surface area (Å²) < 4.78 is 5.28. The van der Waals surface area contributed by atoms with Crippen LogP contribution in [0.4, 0.5) is 0 Å². The van der Waals surface area contributed by atoms with E-state index in [1.54, 1.807) is 12.6 Å². The van der Waals surface area contributed by atoms with Crippen LogP contribution in [0.25, 0.3) is 0 Å². The lowest BCUT2D eigenvalue weighted by Crippen LogP contribution is -2.40. The lowest BCUT2D eigenvalue weighted by atomic mass is 9.91. The molecule has 1 unspecified atom stereocenters. The van der Waals surface area contributed by atoms with E-state index in [0.29, 0.717) is 11.6 Å². The van der Waals surface area contributed by atoms with Gasteiger partial charge in [0.2, 0.25) is 0 Å². The first-order valence-corrected chi connectivity index (χ1v) is 9.01. The van der Waals surface area contributed by atoms with Gasteiger partial charge in [0.25, 0.3) is 5.91 Å². The first-order valence-electron chi connectivity index (χ1n) is 8.06. The predicted octanol–water partition coefficient (Wildman–Crippen LogP) is 3.64. The molecule has 0 bridgehead atoms. The van der Waals surface area contributed by atoms with E-state index in [-0.39, 0.29) is 5.91 Å². The van der Waals surface area contributed by atoms with Crippen LogP contribution in [0.5, 0.6) is 5.75 Å². The van der Waals surface area contributed by atoms with Gasteiger partial charge in [-0.25, -0.2) is 4.98 Å². The molecular weight excluding hydrogens is 308 g/mol. The molecule has 1 atom stereocenters. The van der Waals surface area contributed by atoms with Gasteiger partial charge in [0, 0.05) is 18.5 Å². The second-order valence-corrected chi connectivity index (χ2v) is 6.74. The number of aromatic nitrogens is 1. The molecule has 5 heteroatoms. The number of rotatable bonds is 5. The number of carbonyl (C=O) groups excluding carboxylic acids is 1. The molecule has 0 saturated carbocycles. The topological polar surface area (TPSA) is 42.4 Å². The van der Waals surface area contributed by atoms with Crippen molar-refractivity contribution in [3.63, 3.8) is 0 Å². The van der Waals surface area contributed by atoms with E-state index in [4.69, 9.17) is 4.74 Å². The monoisotopic (exact) mass is 330 g/mol. The molecule has 2 heterocycles. The summed E-state index contributed by atoms with van der Waals surface area (Å²) in [5, 5.41) is 1.84. The fourth-order valence-corrected chi connectivity index (χ4v) is 3.69. The summed E-state index contributed by atoms with van der Waals surface area (Å²) >= 11 is 1.47. The number of thiazole rings is 1. The maximum atomic E-state index is 12.4. The second kappa shape index (κ2) is 7.59. The minimum Gasteiger partial charge on any atom is -0.497 e. The molecule has 0 aliphatic carbocycles. The maximum Gasteiger partial charge on any atom is 0.273 e. The van der Waals surface area contributed by atoms with Crippen LogP contribution in [0.2, 0.25) is 0 Å². The van der Waals surface area contributed by atoms with Crippen molar-refractivity contribution in [1.29, 1.82) is 0 Å². The Morgan fingerprint density at radius 2 is 2.39 bits per heavy atom. The minimum absolute atomic E-state index is 0.0809. The van der Waals surface area contributed by atoms with Gasteiger partial charge in [-0.1, -0.05) is 12.1 Å². The quantitative estimate of drug-likeness (QED) is 0.840. The van der Waals surface area contributed by atoms with E-state index in [0.717, 1.165) is 38.1 Å². The summed E-state index contributed by atoms with van der Waals surface area (Å²) in [6, 6.07) is 8.25. The molecule has 3 rings (SSSR count). The van der Waals surface area contributed by atoms with E-state index in [2.05, 4.69) is 17.1 Å². The highest BCUT2D eigenvalue weighted by Gasteiger charge is 2.25. The van der Waals surface area contributed by atoms with Crippen molar-refractivity contribution in [2.45, 2.75) is 25.7 Å². The molecule has 1 aliphatic rings. The highest BCUT2D eigenvalue weighted by molar-refractivity contribution is 7.07. The number of amides is 1. The van der Waals surface area contributed by atoms with Crippen molar-refractivity contribution in [2.24, 2.45) is 5.92 Å². The highest BCUT2D eigenvalue weighted by Crippen LogP contribution is 2.24. The summed E-state index contributed by atoms with van der Waals surface area (Å²) in [6.07, 6.45) is 4.41. The number of likely N-dealkylation sites (tertiary alicyclic amines) is 1. The van der Waals surface area contributed by atoms with Gasteiger partial charge in [-0.2, -0.15) is 0 Å². The van der Waals surface area contributed by atoms with Crippen molar-refractivity contribution >= 4 is 17.2 Å². The molecule has 0 N–H and O–H groups in total. The Balaban J connectivity index is 1.55. The van der Waals surface area contributed by atoms with E-state index < -0.39 is 0 Å². The average Bonchev–Trinajstić information content (AvgIpc) is 3.14. The lowest BCUT2D eigenvalue weighted by molar-refractivity contribution is 0.0663. The number of piperidine rings is 1. The van der Waals surface area contributed by atoms with Gasteiger partial charge in [0.05, 0.1) is 12.6 Å². The predicted molar refractivity (Wildman–Crippen MR) is 92.1 cm³/mol. The van der Waals surface area contributed by atoms with Gasteiger partial charge in [-0.05, 0) is 49.3 Å². The fourth-order valence-electron chi connectivity index (χ4n) is 3.16. The number of ether oxygens (including phenoxy) is 1. The number of hydrogen-bond donors (Lipinski definition) is 0. The Morgan fingerprint density at radius 1 is 1.48 bits per heavy atom. The molecular formula is C18H22N2O2S. The zero-order valence-electron chi connectivity index (χ0n) is 13.4. The molecule has 0 radical (unpaired) electrons. The Kier molecular flexibility index (Phi) is 5.28. The number of hydrogen-bond acceptors (Lipinski definition) is 4. The summed E-state index contributed by atoms with van der Waals surface area (Å²) in [6.45, 7) is 1.70. The van der Waals surface area contributed by atoms with Crippen LogP contribution in [0.15, 0.2) is 35.2 Å². The van der Waals surface area contributed by atoms with Crippen molar-refractivity contribution in [3.8, 4) is 5.75 Å². The van der Waals surface area contributed by atoms with Gasteiger partial charge in [-0.15, -0.1) is 11.3 Å². The smallest absolute Gasteiger partial charge is 0.273 e. The first kappa shape index (κ1) is 16.0. The van der Waals surface area contributed by atoms with Gasteiger partial charge in [0.15, 0.2) is 0 Å². The fraction of sp³-hybridized carbons (Fsp3) is 0.444. The molecule has 2 aromatic rings. The van der Waals surface area contributed by atoms with Gasteiger partial charge < -0.3 is 9.64 Å². The molecule has 1 saturated heterocycles. The van der Waals surface area contributed by atoms with E-state index in [1.807, 2.05) is 22.4 Å². The number of nitrogens with zero attached hydrogens (tertiary/aromatic N) is 2. The third-order valence-electron chi connectivity index (χ3n) is 4.43. The van der Waals surface area contributed by atoms with E-state index >= 15 is 0 Å². The van der Waals surface area contributed by atoms with Crippen molar-refractivity contribution < 1.29 is 9.53 Å². The Hall–Kier alpha value is -1.88. The molecule has 0 spiro atoms. The average molecular weight is 330 g/mol. The van der Waals surface area contributed by atoms with Crippen LogP contribution < -0.4 is 4.74 Å². The highest BCUT2D eigenvalue weighted by atomic mass is 32.1. The van der Waals surface area contributed by atoms with Gasteiger partial charge in [0.1, 0.15) is 11.4 Å². The standard InChI is InChI=1S/C18H22N2O2S/c1-22-16-6-2-4-14(10-16)7-8-15-5-3-9-20(11-15)18(21)17-12-23-13-19-17/h2,4,6,10,12-13,15H,3,5,7-9,11H2,1H3. The van der Waals surface area contributed by atoms with Crippen LogP contribution in [0.1, 0.15) is 35.3 Å². The molecule has 1 amide bonds. The van der Waals surface area contributed by atoms with Crippen LogP contribution in [-0.4, -0.2) is 36.0 Å². The molecule has 23 heavy (non-hydrogen) atoms.